The highest BCUT2D eigenvalue weighted by atomic mass is 16.5. The highest BCUT2D eigenvalue weighted by Gasteiger charge is 2.23. The number of piperazine rings is 1. The number of hydrogen-bond donors (Lipinski definition) is 0. The molecule has 1 fully saturated rings. The summed E-state index contributed by atoms with van der Waals surface area (Å²) in [7, 11) is 0. The van der Waals surface area contributed by atoms with E-state index in [-0.39, 0.29) is 12.5 Å². The van der Waals surface area contributed by atoms with Crippen molar-refractivity contribution in [2.45, 2.75) is 20.4 Å². The van der Waals surface area contributed by atoms with Crippen LogP contribution in [0.25, 0.3) is 16.6 Å². The largest absolute Gasteiger partial charge is 0.484 e. The van der Waals surface area contributed by atoms with Gasteiger partial charge in [0, 0.05) is 56.4 Å². The third kappa shape index (κ3) is 4.47. The van der Waals surface area contributed by atoms with Gasteiger partial charge in [-0.1, -0.05) is 0 Å². The Morgan fingerprint density at radius 1 is 1.06 bits per heavy atom. The first-order valence-corrected chi connectivity index (χ1v) is 11.1. The summed E-state index contributed by atoms with van der Waals surface area (Å²) in [5.41, 5.74) is 4.43. The Morgan fingerprint density at radius 2 is 1.85 bits per heavy atom. The highest BCUT2D eigenvalue weighted by molar-refractivity contribution is 5.79. The summed E-state index contributed by atoms with van der Waals surface area (Å²) in [6, 6.07) is 12.5. The summed E-state index contributed by atoms with van der Waals surface area (Å²) < 4.78 is 13.0. The predicted octanol–water partition coefficient (Wildman–Crippen LogP) is 2.78. The molecule has 0 saturated carbocycles. The monoisotopic (exact) mass is 446 g/mol. The first kappa shape index (κ1) is 21.2. The van der Waals surface area contributed by atoms with Crippen molar-refractivity contribution < 1.29 is 13.9 Å². The zero-order valence-corrected chi connectivity index (χ0v) is 18.8. The zero-order valence-electron chi connectivity index (χ0n) is 18.8. The van der Waals surface area contributed by atoms with E-state index in [2.05, 4.69) is 34.6 Å². The predicted molar refractivity (Wildman–Crippen MR) is 125 cm³/mol. The maximum Gasteiger partial charge on any atom is 0.336 e. The van der Waals surface area contributed by atoms with Crippen molar-refractivity contribution in [3.05, 3.63) is 76.0 Å². The Hall–Kier alpha value is -3.65. The number of aromatic nitrogens is 2. The lowest BCUT2D eigenvalue weighted by Gasteiger charge is -2.34. The average molecular weight is 447 g/mol. The summed E-state index contributed by atoms with van der Waals surface area (Å²) in [5.74, 6) is 0.452. The lowest BCUT2D eigenvalue weighted by atomic mass is 10.2. The molecular formula is C25H26N4O4. The Balaban J connectivity index is 1.16. The van der Waals surface area contributed by atoms with Gasteiger partial charge in [-0.05, 0) is 49.7 Å². The van der Waals surface area contributed by atoms with E-state index in [0.29, 0.717) is 24.4 Å². The Bertz CT molecular complexity index is 1380. The number of nitrogens with zero attached hydrogens (tertiary/aromatic N) is 4. The molecule has 0 atom stereocenters. The topological polar surface area (TPSA) is 80.3 Å². The summed E-state index contributed by atoms with van der Waals surface area (Å²) in [4.78, 5) is 33.0. The molecule has 3 aromatic heterocycles. The van der Waals surface area contributed by atoms with Crippen LogP contribution in [-0.2, 0) is 11.3 Å². The number of carbonyl (C=O) groups excluding carboxylic acids is 1. The number of fused-ring (bicyclic) bond motifs is 2. The number of pyridine rings is 1. The molecule has 170 valence electrons. The Labute approximate surface area is 191 Å². The van der Waals surface area contributed by atoms with E-state index in [9.17, 15) is 9.59 Å². The minimum absolute atomic E-state index is 0.0473. The van der Waals surface area contributed by atoms with Crippen molar-refractivity contribution in [2.24, 2.45) is 0 Å². The van der Waals surface area contributed by atoms with Gasteiger partial charge in [0.25, 0.3) is 5.91 Å². The number of hydrogen-bond acceptors (Lipinski definition) is 6. The van der Waals surface area contributed by atoms with E-state index in [0.717, 1.165) is 36.4 Å². The van der Waals surface area contributed by atoms with Gasteiger partial charge in [-0.3, -0.25) is 9.69 Å². The van der Waals surface area contributed by atoms with Crippen LogP contribution in [0.15, 0.2) is 57.9 Å². The van der Waals surface area contributed by atoms with Crippen molar-refractivity contribution in [1.82, 2.24) is 19.2 Å². The fourth-order valence-corrected chi connectivity index (χ4v) is 4.24. The first-order valence-electron chi connectivity index (χ1n) is 11.1. The van der Waals surface area contributed by atoms with Crippen LogP contribution >= 0.6 is 0 Å². The van der Waals surface area contributed by atoms with Crippen molar-refractivity contribution >= 4 is 22.5 Å². The number of ether oxygens (including phenoxy) is 1. The van der Waals surface area contributed by atoms with Crippen LogP contribution in [0.5, 0.6) is 5.75 Å². The summed E-state index contributed by atoms with van der Waals surface area (Å²) in [5, 5.41) is 0.806. The lowest BCUT2D eigenvalue weighted by Crippen LogP contribution is -2.49. The number of amides is 1. The second-order valence-corrected chi connectivity index (χ2v) is 8.48. The first-order chi connectivity index (χ1) is 16.0. The second-order valence-electron chi connectivity index (χ2n) is 8.48. The smallest absolute Gasteiger partial charge is 0.336 e. The van der Waals surface area contributed by atoms with E-state index < -0.39 is 5.63 Å². The molecule has 5 rings (SSSR count). The minimum atomic E-state index is -0.414. The fraction of sp³-hybridized carbons (Fsp3) is 0.320. The van der Waals surface area contributed by atoms with Crippen LogP contribution in [0.4, 0.5) is 0 Å². The van der Waals surface area contributed by atoms with Gasteiger partial charge in [-0.25, -0.2) is 9.78 Å². The van der Waals surface area contributed by atoms with Crippen molar-refractivity contribution in [3.63, 3.8) is 0 Å². The lowest BCUT2D eigenvalue weighted by molar-refractivity contribution is -0.135. The zero-order chi connectivity index (χ0) is 22.9. The quantitative estimate of drug-likeness (QED) is 0.439. The van der Waals surface area contributed by atoms with Crippen LogP contribution < -0.4 is 10.4 Å². The van der Waals surface area contributed by atoms with E-state index in [4.69, 9.17) is 14.1 Å². The van der Waals surface area contributed by atoms with Gasteiger partial charge in [0.05, 0.1) is 11.4 Å². The molecule has 4 aromatic rings. The van der Waals surface area contributed by atoms with E-state index >= 15 is 0 Å². The molecule has 0 radical (unpaired) electrons. The average Bonchev–Trinajstić information content (AvgIpc) is 3.11. The highest BCUT2D eigenvalue weighted by Crippen LogP contribution is 2.20. The number of carbonyl (C=O) groups is 1. The molecule has 8 nitrogen and oxygen atoms in total. The molecule has 0 bridgehead atoms. The van der Waals surface area contributed by atoms with Gasteiger partial charge >= 0.3 is 5.63 Å². The SMILES string of the molecule is Cc1ccn2c(CN3CCN(C(=O)COc4ccc5ccc(=O)oc5c4)CC3)c(C)nc2c1. The molecule has 1 amide bonds. The molecule has 1 aliphatic heterocycles. The summed E-state index contributed by atoms with van der Waals surface area (Å²) in [6.07, 6.45) is 2.08. The van der Waals surface area contributed by atoms with Crippen LogP contribution in [0.2, 0.25) is 0 Å². The van der Waals surface area contributed by atoms with Crippen LogP contribution in [0.1, 0.15) is 17.0 Å². The molecule has 8 heteroatoms. The Kier molecular flexibility index (Phi) is 5.60. The number of imidazole rings is 1. The maximum absolute atomic E-state index is 12.7. The van der Waals surface area contributed by atoms with Crippen LogP contribution in [0, 0.1) is 13.8 Å². The molecule has 0 aliphatic carbocycles. The second kappa shape index (κ2) is 8.71. The van der Waals surface area contributed by atoms with Crippen LogP contribution in [0.3, 0.4) is 0 Å². The molecule has 0 N–H and O–H groups in total. The van der Waals surface area contributed by atoms with Gasteiger partial charge in [0.2, 0.25) is 0 Å². The van der Waals surface area contributed by atoms with Crippen molar-refractivity contribution in [1.29, 1.82) is 0 Å². The number of rotatable bonds is 5. The standard InChI is InChI=1S/C25H26N4O4/c1-17-7-8-29-21(18(2)26-23(29)13-17)15-27-9-11-28(12-10-27)24(30)16-32-20-5-3-19-4-6-25(31)33-22(19)14-20/h3-8,13-14H,9-12,15-16H2,1-2H3. The van der Waals surface area contributed by atoms with E-state index in [1.165, 1.54) is 17.3 Å². The van der Waals surface area contributed by atoms with Gasteiger partial charge < -0.3 is 18.5 Å². The molecular weight excluding hydrogens is 420 g/mol. The van der Waals surface area contributed by atoms with Crippen molar-refractivity contribution in [3.8, 4) is 5.75 Å². The molecule has 33 heavy (non-hydrogen) atoms. The normalized spacial score (nSPS) is 14.8. The molecule has 0 unspecified atom stereocenters. The van der Waals surface area contributed by atoms with Gasteiger partial charge in [0.1, 0.15) is 17.0 Å². The van der Waals surface area contributed by atoms with Crippen LogP contribution in [-0.4, -0.2) is 57.9 Å². The van der Waals surface area contributed by atoms with E-state index in [1.54, 1.807) is 24.3 Å². The maximum atomic E-state index is 12.7. The molecule has 0 spiro atoms. The summed E-state index contributed by atoms with van der Waals surface area (Å²) >= 11 is 0. The molecule has 4 heterocycles. The van der Waals surface area contributed by atoms with E-state index in [1.807, 2.05) is 11.8 Å². The fourth-order valence-electron chi connectivity index (χ4n) is 4.24. The Morgan fingerprint density at radius 3 is 2.67 bits per heavy atom. The number of benzene rings is 1. The molecule has 1 aromatic carbocycles. The van der Waals surface area contributed by atoms with Gasteiger partial charge in [-0.15, -0.1) is 0 Å². The third-order valence-corrected chi connectivity index (χ3v) is 6.14. The molecule has 1 aliphatic rings. The van der Waals surface area contributed by atoms with Gasteiger partial charge in [-0.2, -0.15) is 0 Å². The minimum Gasteiger partial charge on any atom is -0.484 e. The summed E-state index contributed by atoms with van der Waals surface area (Å²) in [6.45, 7) is 7.78. The third-order valence-electron chi connectivity index (χ3n) is 6.14. The number of aryl methyl sites for hydroxylation is 2. The van der Waals surface area contributed by atoms with Crippen molar-refractivity contribution in [2.75, 3.05) is 32.8 Å². The van der Waals surface area contributed by atoms with Gasteiger partial charge in [0.15, 0.2) is 6.61 Å². The molecule has 1 saturated heterocycles.